The Bertz CT molecular complexity index is 1480. The average molecular weight is 415 g/mol. The fourth-order valence-electron chi connectivity index (χ4n) is 3.49. The minimum Gasteiger partial charge on any atom is -0.289 e. The Morgan fingerprint density at radius 3 is 2.16 bits per heavy atom. The fraction of sp³-hybridized carbons (Fsp3) is 0. The van der Waals surface area contributed by atoms with Crippen molar-refractivity contribution in [3.05, 3.63) is 125 Å². The van der Waals surface area contributed by atoms with Gasteiger partial charge in [0.05, 0.1) is 0 Å². The van der Waals surface area contributed by atoms with Crippen LogP contribution in [0, 0.1) is 11.8 Å². The molecule has 1 nitrogen and oxygen atoms in total. The number of thiophene rings is 1. The van der Waals surface area contributed by atoms with E-state index in [9.17, 15) is 4.79 Å². The summed E-state index contributed by atoms with van der Waals surface area (Å²) in [6, 6.07) is 32.1. The monoisotopic (exact) mass is 414 g/mol. The summed E-state index contributed by atoms with van der Waals surface area (Å²) in [6.07, 6.45) is 3.49. The summed E-state index contributed by atoms with van der Waals surface area (Å²) in [5.74, 6) is 6.33. The summed E-state index contributed by atoms with van der Waals surface area (Å²) in [6.45, 7) is 0. The van der Waals surface area contributed by atoms with Gasteiger partial charge in [-0.2, -0.15) is 0 Å². The molecule has 31 heavy (non-hydrogen) atoms. The van der Waals surface area contributed by atoms with Gasteiger partial charge < -0.3 is 0 Å². The van der Waals surface area contributed by atoms with Gasteiger partial charge in [0.15, 0.2) is 5.78 Å². The molecule has 5 rings (SSSR count). The SMILES string of the molecule is O=C(/C=C/c1ccc(C#Cc2ccccc2)cc1)c1ccc2sc3ccccc3c2c1. The van der Waals surface area contributed by atoms with Crippen LogP contribution >= 0.6 is 11.3 Å². The molecule has 1 heterocycles. The van der Waals surface area contributed by atoms with Crippen molar-refractivity contribution in [2.45, 2.75) is 0 Å². The zero-order chi connectivity index (χ0) is 21.0. The number of carbonyl (C=O) groups excluding carboxylic acids is 1. The van der Waals surface area contributed by atoms with Gasteiger partial charge >= 0.3 is 0 Å². The Morgan fingerprint density at radius 2 is 1.35 bits per heavy atom. The van der Waals surface area contributed by atoms with E-state index in [1.54, 1.807) is 17.4 Å². The van der Waals surface area contributed by atoms with Crippen LogP contribution in [-0.4, -0.2) is 5.78 Å². The molecule has 0 bridgehead atoms. The minimum atomic E-state index is 0.00475. The van der Waals surface area contributed by atoms with Gasteiger partial charge in [-0.25, -0.2) is 0 Å². The van der Waals surface area contributed by atoms with Crippen molar-refractivity contribution in [3.63, 3.8) is 0 Å². The van der Waals surface area contributed by atoms with Crippen LogP contribution in [0.5, 0.6) is 0 Å². The number of rotatable bonds is 3. The lowest BCUT2D eigenvalue weighted by Crippen LogP contribution is -1.93. The highest BCUT2D eigenvalue weighted by atomic mass is 32.1. The quantitative estimate of drug-likeness (QED) is 0.171. The van der Waals surface area contributed by atoms with E-state index in [1.165, 1.54) is 14.8 Å². The maximum atomic E-state index is 12.7. The number of benzene rings is 4. The molecule has 0 fully saturated rings. The lowest BCUT2D eigenvalue weighted by atomic mass is 10.0. The number of hydrogen-bond acceptors (Lipinski definition) is 2. The second-order valence-electron chi connectivity index (χ2n) is 7.24. The molecule has 4 aromatic carbocycles. The molecule has 2 heteroatoms. The predicted molar refractivity (Wildman–Crippen MR) is 132 cm³/mol. The molecule has 0 N–H and O–H groups in total. The summed E-state index contributed by atoms with van der Waals surface area (Å²) in [5, 5.41) is 2.34. The number of hydrogen-bond donors (Lipinski definition) is 0. The Morgan fingerprint density at radius 1 is 0.677 bits per heavy atom. The van der Waals surface area contributed by atoms with Crippen molar-refractivity contribution in [2.75, 3.05) is 0 Å². The number of fused-ring (bicyclic) bond motifs is 3. The Kier molecular flexibility index (Phi) is 5.19. The van der Waals surface area contributed by atoms with Crippen molar-refractivity contribution in [3.8, 4) is 11.8 Å². The van der Waals surface area contributed by atoms with E-state index in [0.717, 1.165) is 22.1 Å². The van der Waals surface area contributed by atoms with Gasteiger partial charge in [0, 0.05) is 36.9 Å². The zero-order valence-electron chi connectivity index (χ0n) is 16.7. The lowest BCUT2D eigenvalue weighted by Gasteiger charge is -1.98. The van der Waals surface area contributed by atoms with Gasteiger partial charge in [-0.15, -0.1) is 11.3 Å². The molecule has 0 spiro atoms. The maximum absolute atomic E-state index is 12.7. The third kappa shape index (κ3) is 4.19. The third-order valence-electron chi connectivity index (χ3n) is 5.12. The Hall–Kier alpha value is -3.93. The predicted octanol–water partition coefficient (Wildman–Crippen LogP) is 7.35. The van der Waals surface area contributed by atoms with E-state index in [-0.39, 0.29) is 5.78 Å². The van der Waals surface area contributed by atoms with Gasteiger partial charge in [-0.3, -0.25) is 4.79 Å². The molecule has 1 aromatic heterocycles. The average Bonchev–Trinajstić information content (AvgIpc) is 3.20. The first kappa shape index (κ1) is 19.1. The molecule has 5 aromatic rings. The first-order valence-corrected chi connectivity index (χ1v) is 10.9. The second kappa shape index (κ2) is 8.44. The first-order valence-electron chi connectivity index (χ1n) is 10.1. The number of carbonyl (C=O) groups is 1. The summed E-state index contributed by atoms with van der Waals surface area (Å²) >= 11 is 1.76. The summed E-state index contributed by atoms with van der Waals surface area (Å²) in [4.78, 5) is 12.7. The van der Waals surface area contributed by atoms with Crippen LogP contribution in [0.15, 0.2) is 103 Å². The van der Waals surface area contributed by atoms with Gasteiger partial charge in [0.2, 0.25) is 0 Å². The van der Waals surface area contributed by atoms with E-state index in [0.29, 0.717) is 5.56 Å². The van der Waals surface area contributed by atoms with E-state index in [1.807, 2.05) is 91.0 Å². The van der Waals surface area contributed by atoms with Crippen LogP contribution in [-0.2, 0) is 0 Å². The van der Waals surface area contributed by atoms with Crippen LogP contribution in [0.25, 0.3) is 26.2 Å². The van der Waals surface area contributed by atoms with Gasteiger partial charge in [-0.05, 0) is 60.2 Å². The molecule has 0 amide bonds. The molecule has 0 aliphatic rings. The highest BCUT2D eigenvalue weighted by Crippen LogP contribution is 2.34. The van der Waals surface area contributed by atoms with E-state index in [4.69, 9.17) is 0 Å². The largest absolute Gasteiger partial charge is 0.289 e. The van der Waals surface area contributed by atoms with Crippen molar-refractivity contribution in [1.82, 2.24) is 0 Å². The number of allylic oxidation sites excluding steroid dienone is 1. The standard InChI is InChI=1S/C29H18OS/c30-27(24-17-19-29-26(20-24)25-8-4-5-9-28(25)31-29)18-16-23-14-12-22(13-15-23)11-10-21-6-2-1-3-7-21/h1-9,12-20H/b18-16+. The Labute approximate surface area is 185 Å². The minimum absolute atomic E-state index is 0.00475. The van der Waals surface area contributed by atoms with E-state index < -0.39 is 0 Å². The van der Waals surface area contributed by atoms with Crippen LogP contribution < -0.4 is 0 Å². The maximum Gasteiger partial charge on any atom is 0.185 e. The third-order valence-corrected chi connectivity index (χ3v) is 6.28. The first-order chi connectivity index (χ1) is 15.3. The van der Waals surface area contributed by atoms with E-state index >= 15 is 0 Å². The molecule has 0 unspecified atom stereocenters. The smallest absolute Gasteiger partial charge is 0.185 e. The molecule has 0 saturated carbocycles. The van der Waals surface area contributed by atoms with Crippen LogP contribution in [0.1, 0.15) is 27.0 Å². The molecule has 0 aliphatic heterocycles. The van der Waals surface area contributed by atoms with Gasteiger partial charge in [0.1, 0.15) is 0 Å². The van der Waals surface area contributed by atoms with Crippen molar-refractivity contribution in [2.24, 2.45) is 0 Å². The molecule has 0 radical (unpaired) electrons. The van der Waals surface area contributed by atoms with Crippen LogP contribution in [0.3, 0.4) is 0 Å². The lowest BCUT2D eigenvalue weighted by molar-refractivity contribution is 0.104. The molecular weight excluding hydrogens is 396 g/mol. The normalized spacial score (nSPS) is 11.0. The topological polar surface area (TPSA) is 17.1 Å². The Balaban J connectivity index is 1.34. The summed E-state index contributed by atoms with van der Waals surface area (Å²) < 4.78 is 2.45. The zero-order valence-corrected chi connectivity index (χ0v) is 17.5. The molecule has 146 valence electrons. The van der Waals surface area contributed by atoms with E-state index in [2.05, 4.69) is 24.0 Å². The second-order valence-corrected chi connectivity index (χ2v) is 8.33. The highest BCUT2D eigenvalue weighted by Gasteiger charge is 2.08. The molecule has 0 aliphatic carbocycles. The van der Waals surface area contributed by atoms with Crippen molar-refractivity contribution in [1.29, 1.82) is 0 Å². The van der Waals surface area contributed by atoms with Crippen molar-refractivity contribution < 1.29 is 4.79 Å². The van der Waals surface area contributed by atoms with Crippen molar-refractivity contribution >= 4 is 43.4 Å². The van der Waals surface area contributed by atoms with Gasteiger partial charge in [0.25, 0.3) is 0 Å². The summed E-state index contributed by atoms with van der Waals surface area (Å²) in [7, 11) is 0. The number of ketones is 1. The molecular formula is C29H18OS. The van der Waals surface area contributed by atoms with Crippen LogP contribution in [0.4, 0.5) is 0 Å². The highest BCUT2D eigenvalue weighted by molar-refractivity contribution is 7.25. The van der Waals surface area contributed by atoms with Gasteiger partial charge in [-0.1, -0.05) is 66.4 Å². The van der Waals surface area contributed by atoms with Crippen LogP contribution in [0.2, 0.25) is 0 Å². The molecule has 0 atom stereocenters. The molecule has 0 saturated heterocycles. The fourth-order valence-corrected chi connectivity index (χ4v) is 4.58. The summed E-state index contributed by atoms with van der Waals surface area (Å²) in [5.41, 5.74) is 3.62.